The van der Waals surface area contributed by atoms with Crippen molar-refractivity contribution in [2.24, 2.45) is 0 Å². The first-order chi connectivity index (χ1) is 16.1. The first-order valence-electron chi connectivity index (χ1n) is 10.7. The van der Waals surface area contributed by atoms with E-state index in [-0.39, 0.29) is 10.9 Å². The number of rotatable bonds is 5. The van der Waals surface area contributed by atoms with Crippen LogP contribution in [-0.4, -0.2) is 36.6 Å². The Balaban J connectivity index is 1.40. The minimum atomic E-state index is -4.87. The molecule has 0 saturated heterocycles. The lowest BCUT2D eigenvalue weighted by Crippen LogP contribution is -2.42. The molecule has 3 aromatic carbocycles. The quantitative estimate of drug-likeness (QED) is 0.424. The molecule has 1 heterocycles. The van der Waals surface area contributed by atoms with E-state index < -0.39 is 34.3 Å². The van der Waals surface area contributed by atoms with Gasteiger partial charge in [-0.1, -0.05) is 36.4 Å². The van der Waals surface area contributed by atoms with Crippen LogP contribution in [0.2, 0.25) is 0 Å². The molecule has 0 spiro atoms. The van der Waals surface area contributed by atoms with Crippen molar-refractivity contribution < 1.29 is 31.4 Å². The highest BCUT2D eigenvalue weighted by molar-refractivity contribution is 7.89. The predicted octanol–water partition coefficient (Wildman–Crippen LogP) is 4.74. The minimum absolute atomic E-state index is 0.213. The van der Waals surface area contributed by atoms with Gasteiger partial charge in [0.05, 0.1) is 23.1 Å². The predicted molar refractivity (Wildman–Crippen MR) is 121 cm³/mol. The van der Waals surface area contributed by atoms with Gasteiger partial charge in [-0.25, -0.2) is 13.1 Å². The first kappa shape index (κ1) is 22.7. The lowest BCUT2D eigenvalue weighted by Gasteiger charge is -2.23. The zero-order valence-electron chi connectivity index (χ0n) is 17.7. The molecule has 2 N–H and O–H groups in total. The highest BCUT2D eigenvalue weighted by atomic mass is 32.2. The van der Waals surface area contributed by atoms with Gasteiger partial charge in [-0.05, 0) is 49.2 Å². The Labute approximate surface area is 193 Å². The Morgan fingerprint density at radius 3 is 2.00 bits per heavy atom. The Hall–Kier alpha value is -3.08. The third kappa shape index (κ3) is 4.13. The van der Waals surface area contributed by atoms with Crippen molar-refractivity contribution in [3.63, 3.8) is 0 Å². The normalized spacial score (nSPS) is 21.4. The fourth-order valence-corrected chi connectivity index (χ4v) is 6.05. The number of hydrogen-bond donors (Lipinski definition) is 2. The standard InChI is InChI=1S/C24H21F3N2O4S/c25-24(26,27)33-15-9-11-16(12-10-15)34(31,32)28-19-13-14-22(23(19)30)29-20-7-3-1-5-17(20)18-6-2-4-8-21(18)29/h1-12,19,22-23,28,30H,13-14H2/t19?,22?,23-/m0/s1. The number of ether oxygens (including phenoxy) is 1. The molecule has 1 saturated carbocycles. The fraction of sp³-hybridized carbons (Fsp3) is 0.250. The van der Waals surface area contributed by atoms with E-state index in [4.69, 9.17) is 0 Å². The fourth-order valence-electron chi connectivity index (χ4n) is 4.77. The van der Waals surface area contributed by atoms with E-state index in [1.807, 2.05) is 48.5 Å². The van der Waals surface area contributed by atoms with Gasteiger partial charge in [0.1, 0.15) is 5.75 Å². The van der Waals surface area contributed by atoms with E-state index in [1.54, 1.807) is 0 Å². The van der Waals surface area contributed by atoms with Gasteiger partial charge < -0.3 is 14.4 Å². The van der Waals surface area contributed by atoms with Crippen LogP contribution in [0, 0.1) is 0 Å². The van der Waals surface area contributed by atoms with Crippen LogP contribution in [0.1, 0.15) is 18.9 Å². The summed E-state index contributed by atoms with van der Waals surface area (Å²) in [6.45, 7) is 0. The van der Waals surface area contributed by atoms with E-state index in [0.29, 0.717) is 12.8 Å². The maximum absolute atomic E-state index is 12.9. The third-order valence-corrected chi connectivity index (χ3v) is 7.71. The topological polar surface area (TPSA) is 80.6 Å². The molecule has 178 valence electrons. The number of halogens is 3. The molecule has 2 unspecified atom stereocenters. The molecule has 0 amide bonds. The van der Waals surface area contributed by atoms with Crippen molar-refractivity contribution in [3.05, 3.63) is 72.8 Å². The van der Waals surface area contributed by atoms with Gasteiger partial charge in [0.2, 0.25) is 10.0 Å². The molecule has 0 bridgehead atoms. The van der Waals surface area contributed by atoms with Crippen molar-refractivity contribution in [2.45, 2.75) is 42.3 Å². The summed E-state index contributed by atoms with van der Waals surface area (Å²) < 4.78 is 71.2. The average molecular weight is 491 g/mol. The van der Waals surface area contributed by atoms with E-state index >= 15 is 0 Å². The van der Waals surface area contributed by atoms with Crippen LogP contribution in [0.4, 0.5) is 13.2 Å². The number of alkyl halides is 3. The molecule has 0 radical (unpaired) electrons. The molecule has 6 nitrogen and oxygen atoms in total. The number of nitrogens with one attached hydrogen (secondary N) is 1. The second-order valence-electron chi connectivity index (χ2n) is 8.29. The molecule has 1 fully saturated rings. The van der Waals surface area contributed by atoms with Crippen LogP contribution >= 0.6 is 0 Å². The summed E-state index contributed by atoms with van der Waals surface area (Å²) in [6.07, 6.45) is -4.91. The van der Waals surface area contributed by atoms with Crippen molar-refractivity contribution in [3.8, 4) is 5.75 Å². The average Bonchev–Trinajstić information content (AvgIpc) is 3.30. The summed E-state index contributed by atoms with van der Waals surface area (Å²) in [7, 11) is -4.07. The van der Waals surface area contributed by atoms with Crippen LogP contribution in [-0.2, 0) is 10.0 Å². The number of aliphatic hydroxyl groups excluding tert-OH is 1. The van der Waals surface area contributed by atoms with Crippen molar-refractivity contribution in [2.75, 3.05) is 0 Å². The highest BCUT2D eigenvalue weighted by Crippen LogP contribution is 2.39. The number of sulfonamides is 1. The SMILES string of the molecule is O=S(=O)(NC1CCC(n2c3ccccc3c3ccccc32)[C@H]1O)c1ccc(OC(F)(F)F)cc1. The Bertz CT molecular complexity index is 1400. The van der Waals surface area contributed by atoms with Crippen molar-refractivity contribution >= 4 is 31.8 Å². The molecular formula is C24H21F3N2O4S. The molecule has 0 aliphatic heterocycles. The minimum Gasteiger partial charge on any atom is -0.406 e. The van der Waals surface area contributed by atoms with Crippen LogP contribution in [0.5, 0.6) is 5.75 Å². The van der Waals surface area contributed by atoms with Crippen LogP contribution in [0.15, 0.2) is 77.7 Å². The molecule has 4 aromatic rings. The van der Waals surface area contributed by atoms with Crippen molar-refractivity contribution in [1.29, 1.82) is 0 Å². The second kappa shape index (κ2) is 8.30. The number of aromatic nitrogens is 1. The molecule has 5 rings (SSSR count). The summed E-state index contributed by atoms with van der Waals surface area (Å²) in [6, 6.07) is 18.6. The van der Waals surface area contributed by atoms with Crippen LogP contribution < -0.4 is 9.46 Å². The monoisotopic (exact) mass is 490 g/mol. The number of para-hydroxylation sites is 2. The number of fused-ring (bicyclic) bond motifs is 3. The molecule has 1 aromatic heterocycles. The van der Waals surface area contributed by atoms with E-state index in [1.165, 1.54) is 0 Å². The largest absolute Gasteiger partial charge is 0.573 e. The lowest BCUT2D eigenvalue weighted by molar-refractivity contribution is -0.274. The summed E-state index contributed by atoms with van der Waals surface area (Å²) in [5.41, 5.74) is 1.91. The van der Waals surface area contributed by atoms with Gasteiger partial charge in [0, 0.05) is 21.8 Å². The molecule has 3 atom stereocenters. The molecule has 10 heteroatoms. The summed E-state index contributed by atoms with van der Waals surface area (Å²) in [4.78, 5) is -0.213. The van der Waals surface area contributed by atoms with Gasteiger partial charge in [-0.15, -0.1) is 13.2 Å². The van der Waals surface area contributed by atoms with Crippen LogP contribution in [0.25, 0.3) is 21.8 Å². The van der Waals surface area contributed by atoms with Crippen molar-refractivity contribution in [1.82, 2.24) is 9.29 Å². The van der Waals surface area contributed by atoms with E-state index in [9.17, 15) is 26.7 Å². The summed E-state index contributed by atoms with van der Waals surface area (Å²) in [5, 5.41) is 13.2. The smallest absolute Gasteiger partial charge is 0.406 e. The third-order valence-electron chi connectivity index (χ3n) is 6.20. The second-order valence-corrected chi connectivity index (χ2v) is 10.0. The van der Waals surface area contributed by atoms with Gasteiger partial charge >= 0.3 is 6.36 Å². The van der Waals surface area contributed by atoms with E-state index in [0.717, 1.165) is 46.1 Å². The van der Waals surface area contributed by atoms with E-state index in [2.05, 4.69) is 14.0 Å². The first-order valence-corrected chi connectivity index (χ1v) is 12.2. The van der Waals surface area contributed by atoms with Gasteiger partial charge in [0.15, 0.2) is 0 Å². The van der Waals surface area contributed by atoms with Gasteiger partial charge in [-0.3, -0.25) is 0 Å². The number of nitrogens with zero attached hydrogens (tertiary/aromatic N) is 1. The molecule has 1 aliphatic rings. The Kier molecular flexibility index (Phi) is 5.54. The zero-order chi connectivity index (χ0) is 24.1. The number of hydrogen-bond acceptors (Lipinski definition) is 4. The number of aliphatic hydroxyl groups is 1. The maximum Gasteiger partial charge on any atom is 0.573 e. The zero-order valence-corrected chi connectivity index (χ0v) is 18.6. The molecular weight excluding hydrogens is 469 g/mol. The highest BCUT2D eigenvalue weighted by Gasteiger charge is 2.39. The molecule has 34 heavy (non-hydrogen) atoms. The summed E-state index contributed by atoms with van der Waals surface area (Å²) in [5.74, 6) is -0.515. The maximum atomic E-state index is 12.9. The Morgan fingerprint density at radius 1 is 0.882 bits per heavy atom. The van der Waals surface area contributed by atoms with Crippen LogP contribution in [0.3, 0.4) is 0 Å². The molecule has 1 aliphatic carbocycles. The Morgan fingerprint density at radius 2 is 1.44 bits per heavy atom. The summed E-state index contributed by atoms with van der Waals surface area (Å²) >= 11 is 0. The van der Waals surface area contributed by atoms with Gasteiger partial charge in [0.25, 0.3) is 0 Å². The van der Waals surface area contributed by atoms with Gasteiger partial charge in [-0.2, -0.15) is 0 Å². The number of benzene rings is 3. The lowest BCUT2D eigenvalue weighted by atomic mass is 10.1.